The molecule has 0 aliphatic carbocycles. The second-order valence-corrected chi connectivity index (χ2v) is 10.3. The predicted molar refractivity (Wildman–Crippen MR) is 143 cm³/mol. The molecule has 9 nitrogen and oxygen atoms in total. The van der Waals surface area contributed by atoms with Crippen molar-refractivity contribution in [3.8, 4) is 6.07 Å². The SMILES string of the molecule is C=CNC1=NC=C/C1=C(/C)c1ccn(C2(CC#N)CN(C3CCN(C(=O)c4cnc(C(F)(F)F)cn4)CC3)C2)c1. The minimum atomic E-state index is -4.60. The number of allylic oxidation sites excluding steroid dienone is 1. The minimum absolute atomic E-state index is 0.0936. The van der Waals surface area contributed by atoms with E-state index in [2.05, 4.69) is 54.7 Å². The van der Waals surface area contributed by atoms with E-state index in [1.54, 1.807) is 17.3 Å². The molecule has 1 N–H and O–H groups in total. The monoisotopic (exact) mass is 550 g/mol. The number of rotatable bonds is 6. The first-order valence-electron chi connectivity index (χ1n) is 13.0. The third kappa shape index (κ3) is 5.16. The van der Waals surface area contributed by atoms with Crippen molar-refractivity contribution in [2.45, 2.75) is 43.9 Å². The summed E-state index contributed by atoms with van der Waals surface area (Å²) in [6, 6.07) is 4.66. The average Bonchev–Trinajstić information content (AvgIpc) is 3.60. The van der Waals surface area contributed by atoms with Gasteiger partial charge < -0.3 is 14.8 Å². The fraction of sp³-hybridized carbons (Fsp3) is 0.393. The van der Waals surface area contributed by atoms with Crippen LogP contribution < -0.4 is 5.32 Å². The van der Waals surface area contributed by atoms with Crippen molar-refractivity contribution >= 4 is 17.3 Å². The highest BCUT2D eigenvalue weighted by Crippen LogP contribution is 2.37. The molecule has 3 aliphatic heterocycles. The number of amidine groups is 1. The molecule has 208 valence electrons. The van der Waals surface area contributed by atoms with E-state index >= 15 is 0 Å². The number of halogens is 3. The number of nitrogens with zero attached hydrogens (tertiary/aromatic N) is 7. The van der Waals surface area contributed by atoms with Gasteiger partial charge >= 0.3 is 6.18 Å². The summed E-state index contributed by atoms with van der Waals surface area (Å²) < 4.78 is 40.4. The van der Waals surface area contributed by atoms with Crippen molar-refractivity contribution < 1.29 is 18.0 Å². The van der Waals surface area contributed by atoms with Crippen molar-refractivity contribution in [3.63, 3.8) is 0 Å². The van der Waals surface area contributed by atoms with Crippen LogP contribution in [0.2, 0.25) is 0 Å². The van der Waals surface area contributed by atoms with Gasteiger partial charge in [0.05, 0.1) is 30.4 Å². The predicted octanol–water partition coefficient (Wildman–Crippen LogP) is 3.96. The molecule has 40 heavy (non-hydrogen) atoms. The molecule has 0 radical (unpaired) electrons. The smallest absolute Gasteiger partial charge is 0.347 e. The number of carbonyl (C=O) groups excluding carboxylic acids is 1. The van der Waals surface area contributed by atoms with Gasteiger partial charge in [-0.25, -0.2) is 15.0 Å². The standard InChI is InChI=1S/C28H29F3N8O/c1-3-33-25-22(4-10-34-25)19(2)20-5-13-39(16-20)27(8-9-32)17-38(18-27)21-6-11-37(12-7-21)26(40)23-14-36-24(15-35-23)28(29,30)31/h3-5,10,13-16,21H,1,6-8,11-12,17-18H2,2H3,(H,33,34)/b22-19+. The molecule has 2 aromatic heterocycles. The van der Waals surface area contributed by atoms with Gasteiger partial charge in [-0.2, -0.15) is 18.4 Å². The Morgan fingerprint density at radius 3 is 2.65 bits per heavy atom. The van der Waals surface area contributed by atoms with Gasteiger partial charge in [-0.15, -0.1) is 0 Å². The van der Waals surface area contributed by atoms with E-state index in [0.29, 0.717) is 25.7 Å². The van der Waals surface area contributed by atoms with Crippen molar-refractivity contribution in [2.24, 2.45) is 4.99 Å². The number of hydrogen-bond donors (Lipinski definition) is 1. The molecule has 0 saturated carbocycles. The molecule has 2 saturated heterocycles. The Bertz CT molecular complexity index is 1420. The van der Waals surface area contributed by atoms with Crippen LogP contribution >= 0.6 is 0 Å². The number of hydrogen-bond acceptors (Lipinski definition) is 7. The van der Waals surface area contributed by atoms with E-state index in [4.69, 9.17) is 0 Å². The molecule has 5 rings (SSSR count). The summed E-state index contributed by atoms with van der Waals surface area (Å²) in [4.78, 5) is 28.1. The zero-order valence-corrected chi connectivity index (χ0v) is 22.0. The van der Waals surface area contributed by atoms with Crippen LogP contribution in [0.3, 0.4) is 0 Å². The zero-order chi connectivity index (χ0) is 28.5. The summed E-state index contributed by atoms with van der Waals surface area (Å²) in [7, 11) is 0. The highest BCUT2D eigenvalue weighted by Gasteiger charge is 2.47. The van der Waals surface area contributed by atoms with Gasteiger partial charge in [-0.1, -0.05) is 6.58 Å². The Hall–Kier alpha value is -4.24. The summed E-state index contributed by atoms with van der Waals surface area (Å²) in [5.74, 6) is 0.331. The molecule has 0 bridgehead atoms. The molecule has 0 aromatic carbocycles. The quantitative estimate of drug-likeness (QED) is 0.584. The van der Waals surface area contributed by atoms with Crippen LogP contribution in [-0.2, 0) is 11.7 Å². The summed E-state index contributed by atoms with van der Waals surface area (Å²) >= 11 is 0. The topological polar surface area (TPSA) is 102 Å². The highest BCUT2D eigenvalue weighted by molar-refractivity contribution is 6.09. The molecule has 2 fully saturated rings. The summed E-state index contributed by atoms with van der Waals surface area (Å²) in [6.45, 7) is 8.14. The van der Waals surface area contributed by atoms with Crippen LogP contribution in [0, 0.1) is 11.3 Å². The van der Waals surface area contributed by atoms with Gasteiger partial charge in [0, 0.05) is 56.4 Å². The van der Waals surface area contributed by atoms with Crippen LogP contribution in [0.5, 0.6) is 0 Å². The van der Waals surface area contributed by atoms with Crippen molar-refractivity contribution in [2.75, 3.05) is 26.2 Å². The first-order valence-corrected chi connectivity index (χ1v) is 13.0. The number of carbonyl (C=O) groups is 1. The number of nitriles is 1. The summed E-state index contributed by atoms with van der Waals surface area (Å²) in [5, 5.41) is 12.7. The third-order valence-corrected chi connectivity index (χ3v) is 7.85. The maximum absolute atomic E-state index is 12.8. The van der Waals surface area contributed by atoms with E-state index in [0.717, 1.165) is 54.7 Å². The number of likely N-dealkylation sites (tertiary alicyclic amines) is 2. The highest BCUT2D eigenvalue weighted by atomic mass is 19.4. The summed E-state index contributed by atoms with van der Waals surface area (Å²) in [6.07, 6.45) is 8.13. The zero-order valence-electron chi connectivity index (χ0n) is 22.0. The maximum Gasteiger partial charge on any atom is 0.434 e. The lowest BCUT2D eigenvalue weighted by molar-refractivity contribution is -0.141. The van der Waals surface area contributed by atoms with Crippen LogP contribution in [0.25, 0.3) is 5.57 Å². The first-order chi connectivity index (χ1) is 19.1. The number of aliphatic imine (C=N–C) groups is 1. The normalized spacial score (nSPS) is 20.5. The average molecular weight is 551 g/mol. The van der Waals surface area contributed by atoms with Gasteiger partial charge in [0.15, 0.2) is 5.69 Å². The van der Waals surface area contributed by atoms with Gasteiger partial charge in [0.1, 0.15) is 11.5 Å². The molecular weight excluding hydrogens is 521 g/mol. The molecule has 0 atom stereocenters. The van der Waals surface area contributed by atoms with Crippen LogP contribution in [0.15, 0.2) is 66.5 Å². The first kappa shape index (κ1) is 27.3. The maximum atomic E-state index is 12.8. The lowest BCUT2D eigenvalue weighted by Gasteiger charge is -2.54. The Kier molecular flexibility index (Phi) is 7.33. The third-order valence-electron chi connectivity index (χ3n) is 7.85. The van der Waals surface area contributed by atoms with Crippen LogP contribution in [0.4, 0.5) is 13.2 Å². The Morgan fingerprint density at radius 2 is 2.02 bits per heavy atom. The number of nitrogens with one attached hydrogen (secondary N) is 1. The van der Waals surface area contributed by atoms with E-state index < -0.39 is 17.8 Å². The molecule has 2 aromatic rings. The molecule has 0 unspecified atom stereocenters. The van der Waals surface area contributed by atoms with Crippen LogP contribution in [-0.4, -0.2) is 68.3 Å². The molecule has 0 spiro atoms. The van der Waals surface area contributed by atoms with Gasteiger partial charge in [0.25, 0.3) is 5.91 Å². The molecule has 1 amide bonds. The molecular formula is C28H29F3N8O. The van der Waals surface area contributed by atoms with Crippen LogP contribution in [0.1, 0.15) is 47.9 Å². The van der Waals surface area contributed by atoms with Gasteiger partial charge in [-0.3, -0.25) is 9.69 Å². The second kappa shape index (κ2) is 10.7. The van der Waals surface area contributed by atoms with Crippen molar-refractivity contribution in [1.82, 2.24) is 29.7 Å². The van der Waals surface area contributed by atoms with Gasteiger partial charge in [0.2, 0.25) is 0 Å². The lowest BCUT2D eigenvalue weighted by Crippen LogP contribution is -2.66. The van der Waals surface area contributed by atoms with E-state index in [1.807, 2.05) is 19.2 Å². The number of alkyl halides is 3. The minimum Gasteiger partial charge on any atom is -0.347 e. The lowest BCUT2D eigenvalue weighted by atomic mass is 9.83. The molecule has 12 heteroatoms. The van der Waals surface area contributed by atoms with Crippen molar-refractivity contribution in [1.29, 1.82) is 5.26 Å². The number of piperidine rings is 1. The fourth-order valence-electron chi connectivity index (χ4n) is 5.58. The van der Waals surface area contributed by atoms with E-state index in [-0.39, 0.29) is 17.3 Å². The molecule has 5 heterocycles. The Labute approximate surface area is 230 Å². The van der Waals surface area contributed by atoms with E-state index in [1.165, 1.54) is 0 Å². The number of aromatic nitrogens is 3. The van der Waals surface area contributed by atoms with Gasteiger partial charge in [-0.05, 0) is 49.2 Å². The fourth-order valence-corrected chi connectivity index (χ4v) is 5.58. The van der Waals surface area contributed by atoms with E-state index in [9.17, 15) is 23.2 Å². The Balaban J connectivity index is 1.20. The number of amides is 1. The van der Waals surface area contributed by atoms with Crippen molar-refractivity contribution in [3.05, 3.63) is 78.4 Å². The summed E-state index contributed by atoms with van der Waals surface area (Å²) in [5.41, 5.74) is 1.56. The molecule has 3 aliphatic rings. The largest absolute Gasteiger partial charge is 0.434 e. The Morgan fingerprint density at radius 1 is 1.27 bits per heavy atom. The second-order valence-electron chi connectivity index (χ2n) is 10.3.